The first-order valence-corrected chi connectivity index (χ1v) is 7.09. The maximum absolute atomic E-state index is 13.1. The number of hydrogen-bond donors (Lipinski definition) is 2. The van der Waals surface area contributed by atoms with Crippen molar-refractivity contribution in [1.29, 1.82) is 0 Å². The molecule has 3 aromatic rings. The summed E-state index contributed by atoms with van der Waals surface area (Å²) in [7, 11) is 0. The van der Waals surface area contributed by atoms with Crippen molar-refractivity contribution in [2.45, 2.75) is 13.3 Å². The molecular weight excluding hydrogens is 299 g/mol. The number of hydrogen-bond acceptors (Lipinski definition) is 5. The smallest absolute Gasteiger partial charge is 0.183 e. The third-order valence-corrected chi connectivity index (χ3v) is 3.32. The molecule has 0 saturated heterocycles. The number of carbonyl (C=O) groups excluding carboxylic acids is 1. The maximum Gasteiger partial charge on any atom is 0.183 e. The monoisotopic (exact) mass is 314 g/mol. The highest BCUT2D eigenvalue weighted by atomic mass is 19.1. The number of nitrogens with one attached hydrogen (secondary N) is 2. The summed E-state index contributed by atoms with van der Waals surface area (Å²) in [5, 5.41) is 11.1. The Morgan fingerprint density at radius 1 is 1.35 bits per heavy atom. The van der Waals surface area contributed by atoms with Gasteiger partial charge in [0.05, 0.1) is 12.0 Å². The Balaban J connectivity index is 1.85. The van der Waals surface area contributed by atoms with Crippen LogP contribution in [0.4, 0.5) is 10.2 Å². The van der Waals surface area contributed by atoms with Crippen molar-refractivity contribution < 1.29 is 9.18 Å². The first-order valence-electron chi connectivity index (χ1n) is 7.09. The Kier molecular flexibility index (Phi) is 4.13. The summed E-state index contributed by atoms with van der Waals surface area (Å²) in [6, 6.07) is 5.82. The largest absolute Gasteiger partial charge is 0.368 e. The van der Waals surface area contributed by atoms with Gasteiger partial charge in [-0.3, -0.25) is 4.79 Å². The van der Waals surface area contributed by atoms with Gasteiger partial charge in [-0.1, -0.05) is 5.21 Å². The molecule has 0 radical (unpaired) electrons. The van der Waals surface area contributed by atoms with Gasteiger partial charge < -0.3 is 10.3 Å². The van der Waals surface area contributed by atoms with Gasteiger partial charge in [-0.05, 0) is 24.3 Å². The second-order valence-electron chi connectivity index (χ2n) is 4.98. The molecule has 0 fully saturated rings. The number of nitrogens with zero attached hydrogens (tertiary/aromatic N) is 4. The van der Waals surface area contributed by atoms with E-state index in [1.165, 1.54) is 23.7 Å². The SMILES string of the molecule is CC(=O)c1nnn(-c2ccc(F)cc2)c1NCCc1cnc[nH]1. The van der Waals surface area contributed by atoms with Crippen LogP contribution in [0.3, 0.4) is 0 Å². The summed E-state index contributed by atoms with van der Waals surface area (Å²) < 4.78 is 14.6. The van der Waals surface area contributed by atoms with E-state index in [1.54, 1.807) is 24.7 Å². The number of aromatic nitrogens is 5. The summed E-state index contributed by atoms with van der Waals surface area (Å²) in [6.07, 6.45) is 4.05. The van der Waals surface area contributed by atoms with Gasteiger partial charge in [0, 0.05) is 31.8 Å². The summed E-state index contributed by atoms with van der Waals surface area (Å²) in [5.74, 6) is -0.0413. The Hall–Kier alpha value is -3.03. The van der Waals surface area contributed by atoms with Crippen molar-refractivity contribution in [3.05, 3.63) is 54.0 Å². The van der Waals surface area contributed by atoms with E-state index in [2.05, 4.69) is 25.6 Å². The summed E-state index contributed by atoms with van der Waals surface area (Å²) >= 11 is 0. The van der Waals surface area contributed by atoms with Crippen LogP contribution in [0, 0.1) is 5.82 Å². The first kappa shape index (κ1) is 14.9. The molecule has 1 aromatic carbocycles. The van der Waals surface area contributed by atoms with E-state index in [9.17, 15) is 9.18 Å². The number of carbonyl (C=O) groups is 1. The van der Waals surface area contributed by atoms with Crippen LogP contribution in [-0.2, 0) is 6.42 Å². The lowest BCUT2D eigenvalue weighted by atomic mass is 10.2. The fourth-order valence-electron chi connectivity index (χ4n) is 2.18. The molecule has 7 nitrogen and oxygen atoms in total. The number of Topliss-reactive ketones (excluding diaryl/α,β-unsaturated/α-hetero) is 1. The summed E-state index contributed by atoms with van der Waals surface area (Å²) in [5.41, 5.74) is 1.84. The molecule has 0 saturated carbocycles. The van der Waals surface area contributed by atoms with Gasteiger partial charge in [0.25, 0.3) is 0 Å². The normalized spacial score (nSPS) is 10.7. The van der Waals surface area contributed by atoms with E-state index in [-0.39, 0.29) is 17.3 Å². The molecule has 2 aromatic heterocycles. The average Bonchev–Trinajstić information content (AvgIpc) is 3.18. The van der Waals surface area contributed by atoms with Gasteiger partial charge in [0.15, 0.2) is 17.3 Å². The van der Waals surface area contributed by atoms with Crippen LogP contribution in [0.15, 0.2) is 36.8 Å². The fourth-order valence-corrected chi connectivity index (χ4v) is 2.18. The minimum atomic E-state index is -0.339. The van der Waals surface area contributed by atoms with Crippen molar-refractivity contribution >= 4 is 11.6 Å². The third kappa shape index (κ3) is 3.25. The molecular formula is C15H15FN6O. The van der Waals surface area contributed by atoms with Crippen molar-refractivity contribution in [3.8, 4) is 5.69 Å². The molecule has 0 unspecified atom stereocenters. The standard InChI is InChI=1S/C15H15FN6O/c1-10(23)14-15(18-7-6-12-8-17-9-19-12)22(21-20-14)13-4-2-11(16)3-5-13/h2-5,8-9,18H,6-7H2,1H3,(H,17,19). The van der Waals surface area contributed by atoms with Crippen molar-refractivity contribution in [3.63, 3.8) is 0 Å². The van der Waals surface area contributed by atoms with Gasteiger partial charge in [0.2, 0.25) is 0 Å². The van der Waals surface area contributed by atoms with Crippen molar-refractivity contribution in [2.75, 3.05) is 11.9 Å². The zero-order valence-electron chi connectivity index (χ0n) is 12.5. The van der Waals surface area contributed by atoms with Crippen LogP contribution in [0.1, 0.15) is 23.1 Å². The molecule has 0 atom stereocenters. The van der Waals surface area contributed by atoms with Gasteiger partial charge in [-0.2, -0.15) is 4.68 Å². The van der Waals surface area contributed by atoms with Crippen molar-refractivity contribution in [2.24, 2.45) is 0 Å². The Morgan fingerprint density at radius 2 is 2.13 bits per heavy atom. The molecule has 0 aliphatic rings. The van der Waals surface area contributed by atoms with Crippen LogP contribution >= 0.6 is 0 Å². The van der Waals surface area contributed by atoms with Crippen LogP contribution < -0.4 is 5.32 Å². The molecule has 0 bridgehead atoms. The molecule has 118 valence electrons. The maximum atomic E-state index is 13.1. The van der Waals surface area contributed by atoms with Gasteiger partial charge >= 0.3 is 0 Å². The lowest BCUT2D eigenvalue weighted by Gasteiger charge is -2.09. The Bertz CT molecular complexity index is 794. The highest BCUT2D eigenvalue weighted by Gasteiger charge is 2.17. The minimum Gasteiger partial charge on any atom is -0.368 e. The number of imidazole rings is 1. The number of aromatic amines is 1. The zero-order valence-corrected chi connectivity index (χ0v) is 12.5. The molecule has 0 aliphatic carbocycles. The first-order chi connectivity index (χ1) is 11.1. The average molecular weight is 314 g/mol. The number of anilines is 1. The number of H-pyrrole nitrogens is 1. The van der Waals surface area contributed by atoms with E-state index in [4.69, 9.17) is 0 Å². The van der Waals surface area contributed by atoms with Gasteiger partial charge in [-0.15, -0.1) is 5.10 Å². The topological polar surface area (TPSA) is 88.5 Å². The van der Waals surface area contributed by atoms with Crippen LogP contribution in [-0.4, -0.2) is 37.3 Å². The van der Waals surface area contributed by atoms with Crippen LogP contribution in [0.25, 0.3) is 5.69 Å². The minimum absolute atomic E-state index is 0.192. The summed E-state index contributed by atoms with van der Waals surface area (Å²) in [6.45, 7) is 2.00. The van der Waals surface area contributed by atoms with E-state index in [0.29, 0.717) is 24.5 Å². The highest BCUT2D eigenvalue weighted by molar-refractivity contribution is 5.96. The summed E-state index contributed by atoms with van der Waals surface area (Å²) in [4.78, 5) is 18.7. The van der Waals surface area contributed by atoms with Crippen LogP contribution in [0.5, 0.6) is 0 Å². The van der Waals surface area contributed by atoms with Crippen molar-refractivity contribution in [1.82, 2.24) is 25.0 Å². The number of halogens is 1. The number of ketones is 1. The van der Waals surface area contributed by atoms with E-state index in [1.807, 2.05) is 0 Å². The predicted molar refractivity (Wildman–Crippen MR) is 82.1 cm³/mol. The highest BCUT2D eigenvalue weighted by Crippen LogP contribution is 2.19. The van der Waals surface area contributed by atoms with Crippen LogP contribution in [0.2, 0.25) is 0 Å². The lowest BCUT2D eigenvalue weighted by Crippen LogP contribution is -2.12. The Labute approximate surface area is 131 Å². The second kappa shape index (κ2) is 6.39. The number of benzene rings is 1. The second-order valence-corrected chi connectivity index (χ2v) is 4.98. The quantitative estimate of drug-likeness (QED) is 0.679. The molecule has 0 spiro atoms. The molecule has 0 amide bonds. The van der Waals surface area contributed by atoms with E-state index >= 15 is 0 Å². The van der Waals surface area contributed by atoms with E-state index < -0.39 is 0 Å². The zero-order chi connectivity index (χ0) is 16.2. The van der Waals surface area contributed by atoms with Gasteiger partial charge in [0.1, 0.15) is 5.82 Å². The molecule has 3 rings (SSSR count). The predicted octanol–water partition coefficient (Wildman–Crippen LogP) is 1.99. The molecule has 8 heteroatoms. The third-order valence-electron chi connectivity index (χ3n) is 3.32. The molecule has 2 heterocycles. The number of rotatable bonds is 6. The Morgan fingerprint density at radius 3 is 2.78 bits per heavy atom. The van der Waals surface area contributed by atoms with E-state index in [0.717, 1.165) is 5.69 Å². The van der Waals surface area contributed by atoms with Gasteiger partial charge in [-0.25, -0.2) is 9.37 Å². The molecule has 2 N–H and O–H groups in total. The fraction of sp³-hybridized carbons (Fsp3) is 0.200. The molecule has 0 aliphatic heterocycles. The lowest BCUT2D eigenvalue weighted by molar-refractivity contribution is 0.101. The molecule has 23 heavy (non-hydrogen) atoms.